The number of benzene rings is 2. The molecule has 1 heterocycles. The van der Waals surface area contributed by atoms with Gasteiger partial charge in [0.15, 0.2) is 0 Å². The molecule has 3 N–H and O–H groups in total. The van der Waals surface area contributed by atoms with Crippen molar-refractivity contribution in [3.05, 3.63) is 58.4 Å². The predicted molar refractivity (Wildman–Crippen MR) is 104 cm³/mol. The highest BCUT2D eigenvalue weighted by atomic mass is 19.4. The molecule has 4 nitrogen and oxygen atoms in total. The van der Waals surface area contributed by atoms with Gasteiger partial charge in [-0.25, -0.2) is 9.97 Å². The van der Waals surface area contributed by atoms with Crippen molar-refractivity contribution in [3.63, 3.8) is 0 Å². The summed E-state index contributed by atoms with van der Waals surface area (Å²) >= 11 is 0. The highest BCUT2D eigenvalue weighted by Crippen LogP contribution is 2.34. The number of halogens is 3. The largest absolute Gasteiger partial charge is 0.416 e. The van der Waals surface area contributed by atoms with E-state index in [0.717, 1.165) is 42.3 Å². The molecule has 2 aromatic carbocycles. The van der Waals surface area contributed by atoms with Crippen molar-refractivity contribution in [3.8, 4) is 0 Å². The minimum Gasteiger partial charge on any atom is -0.399 e. The highest BCUT2D eigenvalue weighted by molar-refractivity contribution is 5.90. The number of fused-ring (bicyclic) bond motifs is 2. The quantitative estimate of drug-likeness (QED) is 0.607. The Bertz CT molecular complexity index is 1060. The third-order valence-electron chi connectivity index (χ3n) is 5.18. The van der Waals surface area contributed by atoms with E-state index < -0.39 is 17.8 Å². The second-order valence-corrected chi connectivity index (χ2v) is 7.36. The van der Waals surface area contributed by atoms with E-state index in [9.17, 15) is 13.2 Å². The number of nitrogens with one attached hydrogen (secondary N) is 1. The molecule has 4 rings (SSSR count). The van der Waals surface area contributed by atoms with E-state index in [1.54, 1.807) is 13.0 Å². The van der Waals surface area contributed by atoms with Gasteiger partial charge in [0.25, 0.3) is 0 Å². The fourth-order valence-corrected chi connectivity index (χ4v) is 3.80. The van der Waals surface area contributed by atoms with E-state index >= 15 is 0 Å². The van der Waals surface area contributed by atoms with Gasteiger partial charge in [-0.05, 0) is 80.1 Å². The molecule has 0 radical (unpaired) electrons. The van der Waals surface area contributed by atoms with Crippen molar-refractivity contribution in [1.82, 2.24) is 9.97 Å². The summed E-state index contributed by atoms with van der Waals surface area (Å²) in [6, 6.07) is 7.43. The van der Waals surface area contributed by atoms with Crippen molar-refractivity contribution < 1.29 is 13.2 Å². The zero-order chi connectivity index (χ0) is 20.1. The van der Waals surface area contributed by atoms with Crippen LogP contribution in [0.15, 0.2) is 30.3 Å². The van der Waals surface area contributed by atoms with Gasteiger partial charge in [-0.1, -0.05) is 0 Å². The van der Waals surface area contributed by atoms with E-state index in [1.807, 2.05) is 6.92 Å². The molecule has 0 saturated carbocycles. The number of nitrogens with two attached hydrogens (primary N) is 1. The van der Waals surface area contributed by atoms with E-state index in [1.165, 1.54) is 11.1 Å². The van der Waals surface area contributed by atoms with Crippen LogP contribution in [0.2, 0.25) is 0 Å². The normalized spacial score (nSPS) is 14.9. The Morgan fingerprint density at radius 1 is 1.04 bits per heavy atom. The Morgan fingerprint density at radius 3 is 2.46 bits per heavy atom. The number of nitrogen functional groups attached to an aromatic ring is 1. The lowest BCUT2D eigenvalue weighted by Gasteiger charge is -2.19. The third kappa shape index (κ3) is 3.48. The molecule has 146 valence electrons. The van der Waals surface area contributed by atoms with Crippen LogP contribution in [-0.2, 0) is 19.0 Å². The van der Waals surface area contributed by atoms with Crippen LogP contribution in [0.4, 0.5) is 24.7 Å². The summed E-state index contributed by atoms with van der Waals surface area (Å²) < 4.78 is 39.4. The van der Waals surface area contributed by atoms with Gasteiger partial charge in [-0.15, -0.1) is 0 Å². The zero-order valence-corrected chi connectivity index (χ0v) is 15.7. The van der Waals surface area contributed by atoms with Gasteiger partial charge < -0.3 is 11.1 Å². The van der Waals surface area contributed by atoms with Gasteiger partial charge in [-0.2, -0.15) is 13.2 Å². The maximum Gasteiger partial charge on any atom is 0.416 e. The van der Waals surface area contributed by atoms with Crippen LogP contribution >= 0.6 is 0 Å². The predicted octanol–water partition coefficient (Wildman–Crippen LogP) is 5.20. The lowest BCUT2D eigenvalue weighted by Crippen LogP contribution is -2.13. The van der Waals surface area contributed by atoms with Crippen LogP contribution < -0.4 is 11.1 Å². The van der Waals surface area contributed by atoms with E-state index in [-0.39, 0.29) is 5.69 Å². The molecule has 1 aromatic heterocycles. The van der Waals surface area contributed by atoms with Gasteiger partial charge in [0.05, 0.1) is 17.1 Å². The van der Waals surface area contributed by atoms with Crippen molar-refractivity contribution in [2.24, 2.45) is 0 Å². The number of nitrogens with zero attached hydrogens (tertiary/aromatic N) is 2. The molecule has 1 aliphatic carbocycles. The van der Waals surface area contributed by atoms with Crippen molar-refractivity contribution in [2.75, 3.05) is 11.1 Å². The molecule has 1 atom stereocenters. The minimum atomic E-state index is -4.44. The van der Waals surface area contributed by atoms with E-state index in [4.69, 9.17) is 5.73 Å². The standard InChI is InChI=1S/C21H21F3N4/c1-11(15-6-16(21(22,23)24)10-17(25)7-15)26-20-18-8-13-4-3-5-14(13)9-19(18)27-12(2)28-20/h6-11H,3-5,25H2,1-2H3,(H,26,27,28). The molecule has 0 saturated heterocycles. The van der Waals surface area contributed by atoms with E-state index in [0.29, 0.717) is 17.2 Å². The molecule has 0 amide bonds. The van der Waals surface area contributed by atoms with Gasteiger partial charge in [-0.3, -0.25) is 0 Å². The molecular weight excluding hydrogens is 365 g/mol. The van der Waals surface area contributed by atoms with Gasteiger partial charge in [0.2, 0.25) is 0 Å². The van der Waals surface area contributed by atoms with Gasteiger partial charge in [0, 0.05) is 11.1 Å². The first-order valence-electron chi connectivity index (χ1n) is 9.25. The second-order valence-electron chi connectivity index (χ2n) is 7.36. The van der Waals surface area contributed by atoms with Crippen LogP contribution in [-0.4, -0.2) is 9.97 Å². The zero-order valence-electron chi connectivity index (χ0n) is 15.7. The number of aryl methyl sites for hydroxylation is 3. The molecule has 0 spiro atoms. The molecule has 1 aliphatic rings. The first kappa shape index (κ1) is 18.5. The fraction of sp³-hybridized carbons (Fsp3) is 0.333. The average Bonchev–Trinajstić information content (AvgIpc) is 3.06. The number of anilines is 2. The molecule has 0 aliphatic heterocycles. The molecule has 7 heteroatoms. The minimum absolute atomic E-state index is 0.0834. The number of rotatable bonds is 3. The molecule has 0 bridgehead atoms. The summed E-state index contributed by atoms with van der Waals surface area (Å²) in [5.41, 5.74) is 8.96. The fourth-order valence-electron chi connectivity index (χ4n) is 3.80. The first-order valence-corrected chi connectivity index (χ1v) is 9.25. The summed E-state index contributed by atoms with van der Waals surface area (Å²) in [6.07, 6.45) is -1.24. The van der Waals surface area contributed by atoms with Crippen molar-refractivity contribution >= 4 is 22.4 Å². The molecular formula is C21H21F3N4. The SMILES string of the molecule is Cc1nc(NC(C)c2cc(N)cc(C(F)(F)F)c2)c2cc3c(cc2n1)CCC3. The third-order valence-corrected chi connectivity index (χ3v) is 5.18. The number of hydrogen-bond donors (Lipinski definition) is 2. The summed E-state index contributed by atoms with van der Waals surface area (Å²) in [6.45, 7) is 3.61. The number of aromatic nitrogens is 2. The Labute approximate surface area is 161 Å². The first-order chi connectivity index (χ1) is 13.2. The highest BCUT2D eigenvalue weighted by Gasteiger charge is 2.31. The maximum absolute atomic E-state index is 13.1. The molecule has 0 fully saturated rings. The molecule has 1 unspecified atom stereocenters. The van der Waals surface area contributed by atoms with Crippen LogP contribution in [0.5, 0.6) is 0 Å². The maximum atomic E-state index is 13.1. The topological polar surface area (TPSA) is 63.8 Å². The molecule has 28 heavy (non-hydrogen) atoms. The average molecular weight is 386 g/mol. The van der Waals surface area contributed by atoms with Crippen molar-refractivity contribution in [2.45, 2.75) is 45.3 Å². The smallest absolute Gasteiger partial charge is 0.399 e. The van der Waals surface area contributed by atoms with E-state index in [2.05, 4.69) is 27.4 Å². The Balaban J connectivity index is 1.73. The summed E-state index contributed by atoms with van der Waals surface area (Å²) in [5, 5.41) is 4.15. The Morgan fingerprint density at radius 2 is 1.75 bits per heavy atom. The second kappa shape index (κ2) is 6.65. The lowest BCUT2D eigenvalue weighted by molar-refractivity contribution is -0.137. The number of hydrogen-bond acceptors (Lipinski definition) is 4. The monoisotopic (exact) mass is 386 g/mol. The summed E-state index contributed by atoms with van der Waals surface area (Å²) in [7, 11) is 0. The molecule has 3 aromatic rings. The summed E-state index contributed by atoms with van der Waals surface area (Å²) in [5.74, 6) is 1.24. The van der Waals surface area contributed by atoms with Gasteiger partial charge in [0.1, 0.15) is 11.6 Å². The Kier molecular flexibility index (Phi) is 4.40. The number of alkyl halides is 3. The van der Waals surface area contributed by atoms with Crippen LogP contribution in [0.25, 0.3) is 10.9 Å². The van der Waals surface area contributed by atoms with Crippen LogP contribution in [0.3, 0.4) is 0 Å². The van der Waals surface area contributed by atoms with Gasteiger partial charge >= 0.3 is 6.18 Å². The van der Waals surface area contributed by atoms with Crippen LogP contribution in [0, 0.1) is 6.92 Å². The Hall–Kier alpha value is -2.83. The lowest BCUT2D eigenvalue weighted by atomic mass is 10.0. The van der Waals surface area contributed by atoms with Crippen molar-refractivity contribution in [1.29, 1.82) is 0 Å². The summed E-state index contributed by atoms with van der Waals surface area (Å²) in [4.78, 5) is 9.04. The van der Waals surface area contributed by atoms with Crippen LogP contribution in [0.1, 0.15) is 47.5 Å².